The van der Waals surface area contributed by atoms with Crippen molar-refractivity contribution < 1.29 is 17.9 Å². The van der Waals surface area contributed by atoms with Gasteiger partial charge in [-0.3, -0.25) is 4.79 Å². The molecule has 0 aliphatic heterocycles. The zero-order chi connectivity index (χ0) is 13.8. The third-order valence-corrected chi connectivity index (χ3v) is 3.67. The number of ether oxygens (including phenoxy) is 1. The Balaban J connectivity index is 2.85. The molecule has 0 N–H and O–H groups in total. The summed E-state index contributed by atoms with van der Waals surface area (Å²) in [7, 11) is -3.48. The van der Waals surface area contributed by atoms with Crippen molar-refractivity contribution in [2.75, 3.05) is 0 Å². The van der Waals surface area contributed by atoms with Crippen molar-refractivity contribution in [1.29, 1.82) is 0 Å². The third kappa shape index (κ3) is 4.33. The van der Waals surface area contributed by atoms with E-state index in [0.29, 0.717) is 0 Å². The van der Waals surface area contributed by atoms with Crippen LogP contribution in [0.3, 0.4) is 0 Å². The van der Waals surface area contributed by atoms with Gasteiger partial charge in [-0.25, -0.2) is 8.42 Å². The Kier molecular flexibility index (Phi) is 4.67. The van der Waals surface area contributed by atoms with Crippen LogP contribution in [0, 0.1) is 6.92 Å². The quantitative estimate of drug-likeness (QED) is 0.786. The first kappa shape index (κ1) is 14.4. The van der Waals surface area contributed by atoms with Gasteiger partial charge in [0, 0.05) is 12.3 Å². The highest BCUT2D eigenvalue weighted by Crippen LogP contribution is 2.13. The summed E-state index contributed by atoms with van der Waals surface area (Å²) >= 11 is 0. The molecule has 5 heteroatoms. The summed E-state index contributed by atoms with van der Waals surface area (Å²) < 4.78 is 28.6. The molecular formula is C13H16O4S. The lowest BCUT2D eigenvalue weighted by molar-refractivity contribution is -0.143. The largest absolute Gasteiger partial charge is 0.459 e. The van der Waals surface area contributed by atoms with Gasteiger partial charge in [-0.1, -0.05) is 17.7 Å². The summed E-state index contributed by atoms with van der Waals surface area (Å²) in [6, 6.07) is 6.56. The monoisotopic (exact) mass is 268 g/mol. The van der Waals surface area contributed by atoms with Crippen LogP contribution in [0.25, 0.3) is 0 Å². The van der Waals surface area contributed by atoms with Crippen LogP contribution < -0.4 is 0 Å². The minimum Gasteiger partial charge on any atom is -0.459 e. The summed E-state index contributed by atoms with van der Waals surface area (Å²) in [5.74, 6) is -0.445. The van der Waals surface area contributed by atoms with Gasteiger partial charge in [-0.05, 0) is 32.1 Å². The number of carbonyl (C=O) groups excluding carboxylic acids is 1. The number of carbonyl (C=O) groups is 1. The zero-order valence-corrected chi connectivity index (χ0v) is 11.4. The smallest absolute Gasteiger partial charge is 0.303 e. The van der Waals surface area contributed by atoms with Gasteiger partial charge in [-0.15, -0.1) is 0 Å². The van der Waals surface area contributed by atoms with Gasteiger partial charge in [-0.2, -0.15) is 0 Å². The lowest BCUT2D eigenvalue weighted by Gasteiger charge is -2.06. The van der Waals surface area contributed by atoms with Gasteiger partial charge in [0.05, 0.1) is 4.90 Å². The maximum Gasteiger partial charge on any atom is 0.303 e. The van der Waals surface area contributed by atoms with Crippen molar-refractivity contribution in [3.05, 3.63) is 41.3 Å². The molecule has 4 nitrogen and oxygen atoms in total. The van der Waals surface area contributed by atoms with Crippen molar-refractivity contribution in [2.24, 2.45) is 0 Å². The minimum atomic E-state index is -3.48. The molecule has 0 saturated carbocycles. The van der Waals surface area contributed by atoms with Crippen LogP contribution >= 0.6 is 0 Å². The van der Waals surface area contributed by atoms with E-state index in [4.69, 9.17) is 4.74 Å². The topological polar surface area (TPSA) is 60.4 Å². The minimum absolute atomic E-state index is 0.222. The molecule has 1 aromatic rings. The average Bonchev–Trinajstić information content (AvgIpc) is 2.26. The number of aryl methyl sites for hydroxylation is 1. The van der Waals surface area contributed by atoms with Crippen molar-refractivity contribution in [1.82, 2.24) is 0 Å². The molecule has 0 saturated heterocycles. The second kappa shape index (κ2) is 5.82. The van der Waals surface area contributed by atoms with Gasteiger partial charge in [0.1, 0.15) is 6.10 Å². The SMILES string of the molecule is CC(=O)O[C@@H](C)/C=C/S(=O)(=O)c1ccc(C)cc1. The Labute approximate surface area is 107 Å². The maximum absolute atomic E-state index is 11.9. The predicted octanol–water partition coefficient (Wildman–Crippen LogP) is 2.23. The van der Waals surface area contributed by atoms with E-state index in [1.54, 1.807) is 31.2 Å². The summed E-state index contributed by atoms with van der Waals surface area (Å²) in [4.78, 5) is 10.9. The highest BCUT2D eigenvalue weighted by molar-refractivity contribution is 7.94. The van der Waals surface area contributed by atoms with E-state index in [1.807, 2.05) is 6.92 Å². The van der Waals surface area contributed by atoms with E-state index in [9.17, 15) is 13.2 Å². The van der Waals surface area contributed by atoms with E-state index < -0.39 is 21.9 Å². The van der Waals surface area contributed by atoms with E-state index in [0.717, 1.165) is 11.0 Å². The van der Waals surface area contributed by atoms with Gasteiger partial charge < -0.3 is 4.74 Å². The molecule has 18 heavy (non-hydrogen) atoms. The van der Waals surface area contributed by atoms with Crippen molar-refractivity contribution in [3.63, 3.8) is 0 Å². The van der Waals surface area contributed by atoms with Gasteiger partial charge >= 0.3 is 5.97 Å². The molecule has 0 heterocycles. The summed E-state index contributed by atoms with van der Waals surface area (Å²) in [5, 5.41) is 1.06. The van der Waals surface area contributed by atoms with Crippen LogP contribution in [0.1, 0.15) is 19.4 Å². The number of esters is 1. The number of benzene rings is 1. The molecule has 0 radical (unpaired) electrons. The van der Waals surface area contributed by atoms with Crippen LogP contribution in [0.5, 0.6) is 0 Å². The van der Waals surface area contributed by atoms with E-state index in [2.05, 4.69) is 0 Å². The molecule has 1 rings (SSSR count). The normalized spacial score (nSPS) is 13.5. The number of sulfone groups is 1. The fraction of sp³-hybridized carbons (Fsp3) is 0.308. The molecule has 0 unspecified atom stereocenters. The van der Waals surface area contributed by atoms with Crippen LogP contribution in [0.15, 0.2) is 40.6 Å². The van der Waals surface area contributed by atoms with Crippen LogP contribution in [-0.2, 0) is 19.4 Å². The van der Waals surface area contributed by atoms with Gasteiger partial charge in [0.15, 0.2) is 9.84 Å². The predicted molar refractivity (Wildman–Crippen MR) is 68.7 cm³/mol. The molecule has 0 spiro atoms. The fourth-order valence-corrected chi connectivity index (χ4v) is 2.42. The molecule has 0 bridgehead atoms. The molecule has 98 valence electrons. The second-order valence-electron chi connectivity index (χ2n) is 4.00. The third-order valence-electron chi connectivity index (χ3n) is 2.23. The van der Waals surface area contributed by atoms with Gasteiger partial charge in [0.2, 0.25) is 0 Å². The lowest BCUT2D eigenvalue weighted by Crippen LogP contribution is -2.09. The Morgan fingerprint density at radius 1 is 1.28 bits per heavy atom. The van der Waals surface area contributed by atoms with Crippen LogP contribution in [-0.4, -0.2) is 20.5 Å². The highest BCUT2D eigenvalue weighted by atomic mass is 32.2. The van der Waals surface area contributed by atoms with Crippen LogP contribution in [0.2, 0.25) is 0 Å². The summed E-state index contributed by atoms with van der Waals surface area (Å²) in [6.45, 7) is 4.76. The molecule has 0 aliphatic rings. The Morgan fingerprint density at radius 2 is 1.83 bits per heavy atom. The number of hydrogen-bond donors (Lipinski definition) is 0. The Hall–Kier alpha value is -1.62. The zero-order valence-electron chi connectivity index (χ0n) is 10.6. The molecule has 1 aromatic carbocycles. The Morgan fingerprint density at radius 3 is 2.33 bits per heavy atom. The van der Waals surface area contributed by atoms with Crippen molar-refractivity contribution >= 4 is 15.8 Å². The molecule has 0 aliphatic carbocycles. The first-order valence-corrected chi connectivity index (χ1v) is 7.03. The first-order chi connectivity index (χ1) is 8.31. The second-order valence-corrected chi connectivity index (χ2v) is 5.83. The standard InChI is InChI=1S/C13H16O4S/c1-10-4-6-13(7-5-10)18(15,16)9-8-11(2)17-12(3)14/h4-9,11H,1-3H3/b9-8+/t11-/m0/s1. The van der Waals surface area contributed by atoms with E-state index in [1.165, 1.54) is 13.0 Å². The molecule has 0 fully saturated rings. The summed E-state index contributed by atoms with van der Waals surface area (Å²) in [5.41, 5.74) is 0.992. The van der Waals surface area contributed by atoms with Crippen LogP contribution in [0.4, 0.5) is 0 Å². The fourth-order valence-electron chi connectivity index (χ4n) is 1.32. The van der Waals surface area contributed by atoms with Crippen molar-refractivity contribution in [3.8, 4) is 0 Å². The van der Waals surface area contributed by atoms with E-state index in [-0.39, 0.29) is 4.90 Å². The summed E-state index contributed by atoms with van der Waals surface area (Å²) in [6.07, 6.45) is 0.777. The van der Waals surface area contributed by atoms with Crippen molar-refractivity contribution in [2.45, 2.75) is 31.8 Å². The molecular weight excluding hydrogens is 252 g/mol. The molecule has 0 aromatic heterocycles. The maximum atomic E-state index is 11.9. The average molecular weight is 268 g/mol. The molecule has 1 atom stereocenters. The lowest BCUT2D eigenvalue weighted by atomic mass is 10.2. The highest BCUT2D eigenvalue weighted by Gasteiger charge is 2.10. The van der Waals surface area contributed by atoms with E-state index >= 15 is 0 Å². The molecule has 0 amide bonds. The Bertz CT molecular complexity index is 541. The number of rotatable bonds is 4. The first-order valence-electron chi connectivity index (χ1n) is 5.48. The number of hydrogen-bond acceptors (Lipinski definition) is 4. The van der Waals surface area contributed by atoms with Gasteiger partial charge in [0.25, 0.3) is 0 Å².